The summed E-state index contributed by atoms with van der Waals surface area (Å²) < 4.78 is 12.1. The largest absolute Gasteiger partial charge is 0.493 e. The average Bonchev–Trinajstić information content (AvgIpc) is 3.16. The molecule has 8 nitrogen and oxygen atoms in total. The molecule has 24 heavy (non-hydrogen) atoms. The van der Waals surface area contributed by atoms with Crippen molar-refractivity contribution in [2.24, 2.45) is 0 Å². The van der Waals surface area contributed by atoms with E-state index in [-0.39, 0.29) is 11.6 Å². The molecule has 3 aromatic rings. The van der Waals surface area contributed by atoms with E-state index in [2.05, 4.69) is 20.5 Å². The number of nitrogens with zero attached hydrogens (tertiary/aromatic N) is 4. The highest BCUT2D eigenvalue weighted by molar-refractivity contribution is 6.02. The van der Waals surface area contributed by atoms with Gasteiger partial charge in [-0.15, -0.1) is 10.2 Å². The number of carbonyl (C=O) groups is 1. The first-order valence-corrected chi connectivity index (χ1v) is 7.06. The predicted octanol–water partition coefficient (Wildman–Crippen LogP) is 1.93. The Morgan fingerprint density at radius 1 is 1.08 bits per heavy atom. The van der Waals surface area contributed by atoms with Crippen LogP contribution in [0.1, 0.15) is 10.5 Å². The number of imidazole rings is 1. The zero-order valence-corrected chi connectivity index (χ0v) is 13.1. The van der Waals surface area contributed by atoms with Crippen molar-refractivity contribution in [3.63, 3.8) is 0 Å². The summed E-state index contributed by atoms with van der Waals surface area (Å²) >= 11 is 0. The molecule has 0 fully saturated rings. The monoisotopic (exact) mass is 325 g/mol. The van der Waals surface area contributed by atoms with Crippen LogP contribution in [0.25, 0.3) is 5.82 Å². The van der Waals surface area contributed by atoms with Gasteiger partial charge < -0.3 is 14.8 Å². The molecule has 0 aliphatic rings. The van der Waals surface area contributed by atoms with E-state index < -0.39 is 0 Å². The summed E-state index contributed by atoms with van der Waals surface area (Å²) in [6.45, 7) is 0. The van der Waals surface area contributed by atoms with Gasteiger partial charge in [-0.25, -0.2) is 4.98 Å². The molecular formula is C16H15N5O3. The Morgan fingerprint density at radius 2 is 1.92 bits per heavy atom. The number of benzene rings is 1. The second kappa shape index (κ2) is 6.78. The number of aromatic nitrogens is 4. The molecule has 0 bridgehead atoms. The second-order valence-corrected chi connectivity index (χ2v) is 4.77. The van der Waals surface area contributed by atoms with Crippen LogP contribution in [-0.4, -0.2) is 39.9 Å². The van der Waals surface area contributed by atoms with Gasteiger partial charge in [-0.2, -0.15) is 0 Å². The number of nitrogens with one attached hydrogen (secondary N) is 1. The second-order valence-electron chi connectivity index (χ2n) is 4.77. The number of hydrogen-bond donors (Lipinski definition) is 1. The van der Waals surface area contributed by atoms with Crippen molar-refractivity contribution < 1.29 is 14.3 Å². The van der Waals surface area contributed by atoms with Crippen LogP contribution in [0.3, 0.4) is 0 Å². The molecule has 0 saturated carbocycles. The fourth-order valence-electron chi connectivity index (χ4n) is 2.09. The highest BCUT2D eigenvalue weighted by Crippen LogP contribution is 2.29. The van der Waals surface area contributed by atoms with Crippen molar-refractivity contribution in [3.8, 4) is 17.3 Å². The van der Waals surface area contributed by atoms with E-state index in [9.17, 15) is 4.79 Å². The van der Waals surface area contributed by atoms with Crippen LogP contribution >= 0.6 is 0 Å². The van der Waals surface area contributed by atoms with Crippen molar-refractivity contribution in [1.29, 1.82) is 0 Å². The molecule has 122 valence electrons. The number of hydrogen-bond acceptors (Lipinski definition) is 6. The molecular weight excluding hydrogens is 310 g/mol. The standard InChI is InChI=1S/C16H15N5O3/c1-23-13-5-3-11(9-14(13)24-2)18-16(22)12-4-6-15(20-19-12)21-8-7-17-10-21/h3-10H,1-2H3,(H,18,22). The van der Waals surface area contributed by atoms with Gasteiger partial charge in [0.25, 0.3) is 5.91 Å². The van der Waals surface area contributed by atoms with Crippen LogP contribution in [-0.2, 0) is 0 Å². The van der Waals surface area contributed by atoms with E-state index in [0.717, 1.165) is 0 Å². The Kier molecular flexibility index (Phi) is 4.37. The van der Waals surface area contributed by atoms with Crippen LogP contribution in [0.4, 0.5) is 5.69 Å². The van der Waals surface area contributed by atoms with Gasteiger partial charge in [-0.3, -0.25) is 9.36 Å². The number of carbonyl (C=O) groups excluding carboxylic acids is 1. The first-order valence-electron chi connectivity index (χ1n) is 7.06. The van der Waals surface area contributed by atoms with E-state index in [1.54, 1.807) is 60.7 Å². The number of anilines is 1. The Morgan fingerprint density at radius 3 is 2.54 bits per heavy atom. The van der Waals surface area contributed by atoms with Gasteiger partial charge in [-0.1, -0.05) is 0 Å². The summed E-state index contributed by atoms with van der Waals surface area (Å²) in [6, 6.07) is 8.38. The Hall–Kier alpha value is -3.42. The zero-order chi connectivity index (χ0) is 16.9. The van der Waals surface area contributed by atoms with E-state index in [0.29, 0.717) is 23.0 Å². The molecule has 1 N–H and O–H groups in total. The molecule has 8 heteroatoms. The maximum absolute atomic E-state index is 12.3. The smallest absolute Gasteiger partial charge is 0.276 e. The lowest BCUT2D eigenvalue weighted by Gasteiger charge is -2.10. The molecule has 0 radical (unpaired) electrons. The lowest BCUT2D eigenvalue weighted by atomic mass is 10.2. The Balaban J connectivity index is 1.75. The fraction of sp³-hybridized carbons (Fsp3) is 0.125. The molecule has 1 amide bonds. The van der Waals surface area contributed by atoms with Gasteiger partial charge in [0.15, 0.2) is 23.0 Å². The molecule has 0 unspecified atom stereocenters. The molecule has 0 atom stereocenters. The lowest BCUT2D eigenvalue weighted by molar-refractivity contribution is 0.102. The minimum absolute atomic E-state index is 0.202. The van der Waals surface area contributed by atoms with Crippen molar-refractivity contribution in [2.45, 2.75) is 0 Å². The normalized spacial score (nSPS) is 10.2. The minimum atomic E-state index is -0.369. The number of methoxy groups -OCH3 is 2. The number of rotatable bonds is 5. The van der Waals surface area contributed by atoms with Gasteiger partial charge in [-0.05, 0) is 24.3 Å². The fourth-order valence-corrected chi connectivity index (χ4v) is 2.09. The molecule has 0 aliphatic carbocycles. The number of amides is 1. The summed E-state index contributed by atoms with van der Waals surface area (Å²) in [4.78, 5) is 16.2. The summed E-state index contributed by atoms with van der Waals surface area (Å²) in [5, 5.41) is 10.7. The highest BCUT2D eigenvalue weighted by atomic mass is 16.5. The van der Waals surface area contributed by atoms with Crippen molar-refractivity contribution in [1.82, 2.24) is 19.7 Å². The van der Waals surface area contributed by atoms with Gasteiger partial charge in [0.1, 0.15) is 6.33 Å². The topological polar surface area (TPSA) is 91.2 Å². The van der Waals surface area contributed by atoms with Gasteiger partial charge >= 0.3 is 0 Å². The highest BCUT2D eigenvalue weighted by Gasteiger charge is 2.11. The molecule has 0 spiro atoms. The zero-order valence-electron chi connectivity index (χ0n) is 13.1. The quantitative estimate of drug-likeness (QED) is 0.771. The molecule has 1 aromatic carbocycles. The van der Waals surface area contributed by atoms with E-state index in [1.807, 2.05) is 0 Å². The van der Waals surface area contributed by atoms with Crippen molar-refractivity contribution in [3.05, 3.63) is 54.7 Å². The van der Waals surface area contributed by atoms with E-state index in [4.69, 9.17) is 9.47 Å². The lowest BCUT2D eigenvalue weighted by Crippen LogP contribution is -2.15. The van der Waals surface area contributed by atoms with Crippen molar-refractivity contribution >= 4 is 11.6 Å². The Labute approximate surface area is 138 Å². The van der Waals surface area contributed by atoms with Crippen molar-refractivity contribution in [2.75, 3.05) is 19.5 Å². The first kappa shape index (κ1) is 15.5. The Bertz CT molecular complexity index is 831. The third-order valence-corrected chi connectivity index (χ3v) is 3.29. The van der Waals surface area contributed by atoms with E-state index >= 15 is 0 Å². The summed E-state index contributed by atoms with van der Waals surface area (Å²) in [5.74, 6) is 1.32. The third-order valence-electron chi connectivity index (χ3n) is 3.29. The maximum Gasteiger partial charge on any atom is 0.276 e. The summed E-state index contributed by atoms with van der Waals surface area (Å²) in [7, 11) is 3.08. The molecule has 2 aromatic heterocycles. The van der Waals surface area contributed by atoms with Crippen LogP contribution in [0.5, 0.6) is 11.5 Å². The average molecular weight is 325 g/mol. The number of ether oxygens (including phenoxy) is 2. The van der Waals surface area contributed by atoms with Crippen LogP contribution in [0.15, 0.2) is 49.1 Å². The maximum atomic E-state index is 12.3. The van der Waals surface area contributed by atoms with E-state index in [1.165, 1.54) is 7.11 Å². The molecule has 0 aliphatic heterocycles. The first-order chi connectivity index (χ1) is 11.7. The van der Waals surface area contributed by atoms with Crippen LogP contribution in [0.2, 0.25) is 0 Å². The minimum Gasteiger partial charge on any atom is -0.493 e. The van der Waals surface area contributed by atoms with Crippen LogP contribution in [0, 0.1) is 0 Å². The van der Waals surface area contributed by atoms with Gasteiger partial charge in [0.2, 0.25) is 0 Å². The van der Waals surface area contributed by atoms with Gasteiger partial charge in [0.05, 0.1) is 14.2 Å². The SMILES string of the molecule is COc1ccc(NC(=O)c2ccc(-n3ccnc3)nn2)cc1OC. The molecule has 2 heterocycles. The van der Waals surface area contributed by atoms with Crippen LogP contribution < -0.4 is 14.8 Å². The molecule has 3 rings (SSSR count). The molecule has 0 saturated heterocycles. The third kappa shape index (κ3) is 3.17. The predicted molar refractivity (Wildman–Crippen MR) is 86.7 cm³/mol. The van der Waals surface area contributed by atoms with Gasteiger partial charge in [0, 0.05) is 24.1 Å². The summed E-state index contributed by atoms with van der Waals surface area (Å²) in [5.41, 5.74) is 0.770. The summed E-state index contributed by atoms with van der Waals surface area (Å²) in [6.07, 6.45) is 4.99.